The third kappa shape index (κ3) is 2.94. The molecule has 0 aliphatic heterocycles. The second kappa shape index (κ2) is 4.79. The molecule has 0 spiro atoms. The molecule has 0 bridgehead atoms. The van der Waals surface area contributed by atoms with Gasteiger partial charge >= 0.3 is 0 Å². The van der Waals surface area contributed by atoms with Crippen LogP contribution in [0.25, 0.3) is 0 Å². The molecule has 0 saturated heterocycles. The highest BCUT2D eigenvalue weighted by Gasteiger charge is 1.96. The molecule has 4 heteroatoms. The smallest absolute Gasteiger partial charge is 0.219 e. The molecule has 0 heterocycles. The summed E-state index contributed by atoms with van der Waals surface area (Å²) in [4.78, 5) is 11.5. The van der Waals surface area contributed by atoms with Crippen LogP contribution in [0.3, 0.4) is 0 Å². The molecule has 0 fully saturated rings. The van der Waals surface area contributed by atoms with Gasteiger partial charge in [-0.3, -0.25) is 4.79 Å². The minimum absolute atomic E-state index is 0.174. The van der Waals surface area contributed by atoms with Crippen molar-refractivity contribution in [3.8, 4) is 0 Å². The van der Waals surface area contributed by atoms with E-state index in [1.54, 1.807) is 0 Å². The molecular formula is C8H8NO2S-. The second-order valence-electron chi connectivity index (χ2n) is 2.13. The van der Waals surface area contributed by atoms with Gasteiger partial charge in [0.1, 0.15) is 0 Å². The molecule has 64 valence electrons. The normalized spacial score (nSPS) is 9.42. The van der Waals surface area contributed by atoms with Crippen LogP contribution in [0, 0.1) is 5.21 Å². The Morgan fingerprint density at radius 3 is 2.67 bits per heavy atom. The molecule has 1 aromatic rings. The number of thioether (sulfide) groups is 1. The Hall–Kier alpha value is -1.00. The van der Waals surface area contributed by atoms with E-state index in [0.29, 0.717) is 0 Å². The predicted octanol–water partition coefficient (Wildman–Crippen LogP) is 1.39. The molecule has 0 radical (unpaired) electrons. The topological polar surface area (TPSA) is 52.2 Å². The maximum Gasteiger partial charge on any atom is 0.219 e. The van der Waals surface area contributed by atoms with Gasteiger partial charge < -0.3 is 10.7 Å². The Morgan fingerprint density at radius 1 is 1.42 bits per heavy atom. The molecule has 1 amide bonds. The zero-order valence-electron chi connectivity index (χ0n) is 6.32. The van der Waals surface area contributed by atoms with E-state index in [1.807, 2.05) is 30.3 Å². The fourth-order valence-electron chi connectivity index (χ4n) is 0.695. The zero-order chi connectivity index (χ0) is 8.81. The summed E-state index contributed by atoms with van der Waals surface area (Å²) < 4.78 is 0. The zero-order valence-corrected chi connectivity index (χ0v) is 7.14. The minimum Gasteiger partial charge on any atom is -0.759 e. The van der Waals surface area contributed by atoms with Crippen molar-refractivity contribution in [1.29, 1.82) is 0 Å². The molecule has 3 nitrogen and oxygen atoms in total. The third-order valence-corrected chi connectivity index (χ3v) is 2.24. The van der Waals surface area contributed by atoms with Crippen LogP contribution in [0.2, 0.25) is 0 Å². The molecule has 0 aromatic heterocycles. The quantitative estimate of drug-likeness (QED) is 0.567. The van der Waals surface area contributed by atoms with Crippen molar-refractivity contribution in [3.63, 3.8) is 0 Å². The standard InChI is InChI=1S/C8H8NO2S/c10-8(9-11)6-12-7-4-2-1-3-5-7/h1-5H,6H2,(H-,9,10,11)/q-1. The maximum atomic E-state index is 10.5. The van der Waals surface area contributed by atoms with Crippen LogP contribution in [-0.4, -0.2) is 11.7 Å². The molecule has 0 aliphatic rings. The number of amides is 1. The summed E-state index contributed by atoms with van der Waals surface area (Å²) in [5, 5.41) is 9.84. The van der Waals surface area contributed by atoms with Crippen molar-refractivity contribution in [3.05, 3.63) is 35.5 Å². The van der Waals surface area contributed by atoms with E-state index in [2.05, 4.69) is 0 Å². The average Bonchev–Trinajstić information content (AvgIpc) is 2.16. The van der Waals surface area contributed by atoms with Gasteiger partial charge in [-0.25, -0.2) is 0 Å². The minimum atomic E-state index is -0.496. The first-order valence-electron chi connectivity index (χ1n) is 3.42. The van der Waals surface area contributed by atoms with Crippen LogP contribution >= 0.6 is 11.8 Å². The van der Waals surface area contributed by atoms with E-state index < -0.39 is 5.91 Å². The molecule has 1 aromatic carbocycles. The highest BCUT2D eigenvalue weighted by atomic mass is 32.2. The Kier molecular flexibility index (Phi) is 3.63. The van der Waals surface area contributed by atoms with E-state index in [-0.39, 0.29) is 5.75 Å². The Labute approximate surface area is 74.7 Å². The average molecular weight is 182 g/mol. The van der Waals surface area contributed by atoms with Crippen molar-refractivity contribution < 1.29 is 4.79 Å². The first kappa shape index (κ1) is 9.09. The summed E-state index contributed by atoms with van der Waals surface area (Å²) in [5.41, 5.74) is 1.33. The number of carbonyl (C=O) groups is 1. The van der Waals surface area contributed by atoms with Gasteiger partial charge in [0.15, 0.2) is 0 Å². The van der Waals surface area contributed by atoms with Gasteiger partial charge in [-0.15, -0.1) is 11.8 Å². The molecular weight excluding hydrogens is 174 g/mol. The number of nitrogens with one attached hydrogen (secondary N) is 1. The summed E-state index contributed by atoms with van der Waals surface area (Å²) >= 11 is 1.34. The van der Waals surface area contributed by atoms with Crippen LogP contribution in [0.5, 0.6) is 0 Å². The van der Waals surface area contributed by atoms with Crippen LogP contribution in [-0.2, 0) is 4.79 Å². The van der Waals surface area contributed by atoms with E-state index in [9.17, 15) is 10.0 Å². The monoisotopic (exact) mass is 182 g/mol. The van der Waals surface area contributed by atoms with Crippen molar-refractivity contribution in [1.82, 2.24) is 5.48 Å². The van der Waals surface area contributed by atoms with Gasteiger partial charge in [-0.1, -0.05) is 18.2 Å². The number of carbonyl (C=O) groups excluding carboxylic acids is 1. The lowest BCUT2D eigenvalue weighted by Crippen LogP contribution is -2.17. The molecule has 0 atom stereocenters. The van der Waals surface area contributed by atoms with E-state index in [1.165, 1.54) is 17.2 Å². The lowest BCUT2D eigenvalue weighted by molar-refractivity contribution is -0.117. The molecule has 12 heavy (non-hydrogen) atoms. The fraction of sp³-hybridized carbons (Fsp3) is 0.125. The van der Waals surface area contributed by atoms with Crippen LogP contribution in [0.1, 0.15) is 0 Å². The number of hydroxylamine groups is 1. The van der Waals surface area contributed by atoms with Gasteiger partial charge in [0.25, 0.3) is 0 Å². The van der Waals surface area contributed by atoms with E-state index >= 15 is 0 Å². The fourth-order valence-corrected chi connectivity index (χ4v) is 1.40. The summed E-state index contributed by atoms with van der Waals surface area (Å²) in [6, 6.07) is 9.46. The number of benzene rings is 1. The van der Waals surface area contributed by atoms with E-state index in [4.69, 9.17) is 0 Å². The molecule has 0 saturated carbocycles. The number of hydrogen-bond acceptors (Lipinski definition) is 3. The SMILES string of the molecule is O=C(CSc1ccccc1)N[O-]. The van der Waals surface area contributed by atoms with Crippen LogP contribution in [0.4, 0.5) is 0 Å². The maximum absolute atomic E-state index is 10.5. The summed E-state index contributed by atoms with van der Waals surface area (Å²) in [6.45, 7) is 0. The first-order chi connectivity index (χ1) is 5.83. The van der Waals surface area contributed by atoms with Gasteiger partial charge in [0.05, 0.1) is 5.75 Å². The van der Waals surface area contributed by atoms with Gasteiger partial charge in [-0.05, 0) is 12.1 Å². The lowest BCUT2D eigenvalue weighted by atomic mass is 10.4. The predicted molar refractivity (Wildman–Crippen MR) is 48.7 cm³/mol. The molecule has 0 unspecified atom stereocenters. The Morgan fingerprint density at radius 2 is 2.08 bits per heavy atom. The van der Waals surface area contributed by atoms with Crippen molar-refractivity contribution in [2.24, 2.45) is 0 Å². The number of rotatable bonds is 3. The summed E-state index contributed by atoms with van der Waals surface area (Å²) in [7, 11) is 0. The van der Waals surface area contributed by atoms with Crippen LogP contribution < -0.4 is 5.48 Å². The Bertz CT molecular complexity index is 250. The van der Waals surface area contributed by atoms with Gasteiger partial charge in [0.2, 0.25) is 5.91 Å². The van der Waals surface area contributed by atoms with Gasteiger partial charge in [-0.2, -0.15) is 0 Å². The van der Waals surface area contributed by atoms with Crippen molar-refractivity contribution in [2.45, 2.75) is 4.90 Å². The second-order valence-corrected chi connectivity index (χ2v) is 3.18. The Balaban J connectivity index is 2.38. The highest BCUT2D eigenvalue weighted by Crippen LogP contribution is 2.15. The largest absolute Gasteiger partial charge is 0.759 e. The van der Waals surface area contributed by atoms with E-state index in [0.717, 1.165) is 4.90 Å². The van der Waals surface area contributed by atoms with Gasteiger partial charge in [0, 0.05) is 4.90 Å². The number of hydrogen-bond donors (Lipinski definition) is 1. The highest BCUT2D eigenvalue weighted by molar-refractivity contribution is 8.00. The first-order valence-corrected chi connectivity index (χ1v) is 4.40. The summed E-state index contributed by atoms with van der Waals surface area (Å²) in [5.74, 6) is -0.322. The van der Waals surface area contributed by atoms with Crippen LogP contribution in [0.15, 0.2) is 35.2 Å². The van der Waals surface area contributed by atoms with Crippen molar-refractivity contribution >= 4 is 17.7 Å². The lowest BCUT2D eigenvalue weighted by Gasteiger charge is -2.05. The molecule has 1 N–H and O–H groups in total. The third-order valence-electron chi connectivity index (χ3n) is 1.23. The van der Waals surface area contributed by atoms with Crippen molar-refractivity contribution in [2.75, 3.05) is 5.75 Å². The molecule has 1 rings (SSSR count). The summed E-state index contributed by atoms with van der Waals surface area (Å²) in [6.07, 6.45) is 0. The molecule has 0 aliphatic carbocycles.